The minimum Gasteiger partial charge on any atom is -0.444 e. The summed E-state index contributed by atoms with van der Waals surface area (Å²) in [6.07, 6.45) is -3.59. The predicted octanol–water partition coefficient (Wildman–Crippen LogP) is 5.97. The Hall–Kier alpha value is -2.84. The first-order valence-corrected chi connectivity index (χ1v) is 10.6. The minimum atomic E-state index is -4.46. The number of carbonyl (C=O) groups is 1. The zero-order valence-electron chi connectivity index (χ0n) is 19.0. The van der Waals surface area contributed by atoms with Crippen LogP contribution in [0, 0.1) is 13.8 Å². The van der Waals surface area contributed by atoms with Gasteiger partial charge in [-0.2, -0.15) is 13.2 Å². The lowest BCUT2D eigenvalue weighted by molar-refractivity contribution is -0.137. The normalized spacial score (nSPS) is 15.6. The highest BCUT2D eigenvalue weighted by molar-refractivity contribution is 5.68. The van der Waals surface area contributed by atoms with Crippen molar-refractivity contribution in [1.29, 1.82) is 0 Å². The van der Waals surface area contributed by atoms with E-state index >= 15 is 0 Å². The summed E-state index contributed by atoms with van der Waals surface area (Å²) in [6.45, 7) is 9.99. The fourth-order valence-electron chi connectivity index (χ4n) is 3.80. The largest absolute Gasteiger partial charge is 0.444 e. The van der Waals surface area contributed by atoms with Crippen molar-refractivity contribution in [2.75, 3.05) is 18.4 Å². The number of rotatable bonds is 3. The van der Waals surface area contributed by atoms with Crippen LogP contribution >= 0.6 is 0 Å². The molecule has 1 aliphatic rings. The molecule has 1 fully saturated rings. The fourth-order valence-corrected chi connectivity index (χ4v) is 3.80. The topological polar surface area (TPSA) is 67.4 Å². The number of benzene rings is 1. The predicted molar refractivity (Wildman–Crippen MR) is 116 cm³/mol. The van der Waals surface area contributed by atoms with Gasteiger partial charge in [0, 0.05) is 30.2 Å². The minimum absolute atomic E-state index is 0.00984. The van der Waals surface area contributed by atoms with Crippen LogP contribution in [0.2, 0.25) is 0 Å². The van der Waals surface area contributed by atoms with Gasteiger partial charge in [0.15, 0.2) is 0 Å². The quantitative estimate of drug-likeness (QED) is 0.624. The summed E-state index contributed by atoms with van der Waals surface area (Å²) in [7, 11) is 0. The van der Waals surface area contributed by atoms with Crippen LogP contribution in [0.3, 0.4) is 0 Å². The Kier molecular flexibility index (Phi) is 6.67. The van der Waals surface area contributed by atoms with Crippen LogP contribution in [0.15, 0.2) is 24.3 Å². The molecular weight excluding hydrogens is 421 g/mol. The van der Waals surface area contributed by atoms with E-state index in [1.807, 2.05) is 20.8 Å². The number of carbonyl (C=O) groups excluding carboxylic acids is 1. The summed E-state index contributed by atoms with van der Waals surface area (Å²) in [4.78, 5) is 22.6. The van der Waals surface area contributed by atoms with Crippen LogP contribution in [0.1, 0.15) is 62.0 Å². The second kappa shape index (κ2) is 8.96. The second-order valence-corrected chi connectivity index (χ2v) is 9.14. The zero-order chi connectivity index (χ0) is 23.7. The van der Waals surface area contributed by atoms with Crippen LogP contribution in [0.4, 0.5) is 29.6 Å². The lowest BCUT2D eigenvalue weighted by atomic mass is 9.87. The van der Waals surface area contributed by atoms with Gasteiger partial charge >= 0.3 is 12.3 Å². The summed E-state index contributed by atoms with van der Waals surface area (Å²) in [5, 5.41) is 3.00. The highest BCUT2D eigenvalue weighted by Gasteiger charge is 2.33. The Balaban J connectivity index is 1.84. The maximum atomic E-state index is 13.4. The van der Waals surface area contributed by atoms with Crippen molar-refractivity contribution >= 4 is 17.7 Å². The van der Waals surface area contributed by atoms with Gasteiger partial charge in [-0.15, -0.1) is 0 Å². The number of hydrogen-bond acceptors (Lipinski definition) is 5. The van der Waals surface area contributed by atoms with E-state index < -0.39 is 17.3 Å². The van der Waals surface area contributed by atoms with Gasteiger partial charge in [0.25, 0.3) is 0 Å². The molecule has 1 amide bonds. The molecule has 1 N–H and O–H groups in total. The van der Waals surface area contributed by atoms with E-state index in [1.165, 1.54) is 6.07 Å². The average Bonchev–Trinajstić information content (AvgIpc) is 2.65. The second-order valence-electron chi connectivity index (χ2n) is 9.14. The summed E-state index contributed by atoms with van der Waals surface area (Å²) in [5.41, 5.74) is 1.22. The van der Waals surface area contributed by atoms with Crippen molar-refractivity contribution in [1.82, 2.24) is 14.9 Å². The third-order valence-corrected chi connectivity index (χ3v) is 5.20. The standard InChI is InChI=1S/C23H29F3N4O2/c1-14-12-15(2)28-20(27-14)29-19-13-17(23(24,25)26)6-7-18(19)16-8-10-30(11-9-16)21(31)32-22(3,4)5/h6-7,12-13,16H,8-11H2,1-5H3,(H,27,28,29). The molecule has 0 atom stereocenters. The lowest BCUT2D eigenvalue weighted by Crippen LogP contribution is -2.41. The number of nitrogens with one attached hydrogen (secondary N) is 1. The number of halogens is 3. The zero-order valence-corrected chi connectivity index (χ0v) is 19.0. The molecule has 6 nitrogen and oxygen atoms in total. The summed E-state index contributed by atoms with van der Waals surface area (Å²) >= 11 is 0. The van der Waals surface area contributed by atoms with E-state index in [2.05, 4.69) is 15.3 Å². The van der Waals surface area contributed by atoms with E-state index in [1.54, 1.807) is 24.8 Å². The maximum absolute atomic E-state index is 13.4. The van der Waals surface area contributed by atoms with Crippen LogP contribution in [-0.4, -0.2) is 39.7 Å². The number of anilines is 2. The van der Waals surface area contributed by atoms with Gasteiger partial charge in [0.2, 0.25) is 5.95 Å². The first kappa shape index (κ1) is 23.8. The molecule has 3 rings (SSSR count). The van der Waals surface area contributed by atoms with E-state index in [0.717, 1.165) is 29.1 Å². The Morgan fingerprint density at radius 1 is 1.06 bits per heavy atom. The highest BCUT2D eigenvalue weighted by Crippen LogP contribution is 2.38. The van der Waals surface area contributed by atoms with E-state index in [-0.39, 0.29) is 18.0 Å². The van der Waals surface area contributed by atoms with Crippen LogP contribution in [0.25, 0.3) is 0 Å². The smallest absolute Gasteiger partial charge is 0.416 e. The summed E-state index contributed by atoms with van der Waals surface area (Å²) in [6, 6.07) is 5.52. The lowest BCUT2D eigenvalue weighted by Gasteiger charge is -2.34. The van der Waals surface area contributed by atoms with Crippen molar-refractivity contribution in [2.24, 2.45) is 0 Å². The molecule has 9 heteroatoms. The maximum Gasteiger partial charge on any atom is 0.416 e. The number of alkyl halides is 3. The van der Waals surface area contributed by atoms with Gasteiger partial charge in [0.1, 0.15) is 5.60 Å². The van der Waals surface area contributed by atoms with E-state index in [4.69, 9.17) is 4.74 Å². The fraction of sp³-hybridized carbons (Fsp3) is 0.522. The average molecular weight is 451 g/mol. The molecule has 32 heavy (non-hydrogen) atoms. The molecule has 0 unspecified atom stereocenters. The Morgan fingerprint density at radius 3 is 2.19 bits per heavy atom. The molecule has 2 aromatic rings. The number of ether oxygens (including phenoxy) is 1. The molecule has 0 saturated carbocycles. The van der Waals surface area contributed by atoms with Gasteiger partial charge in [0.05, 0.1) is 5.56 Å². The van der Waals surface area contributed by atoms with Gasteiger partial charge in [-0.25, -0.2) is 14.8 Å². The Labute approximate surface area is 186 Å². The summed E-state index contributed by atoms with van der Waals surface area (Å²) < 4.78 is 45.5. The van der Waals surface area contributed by atoms with Gasteiger partial charge in [-0.3, -0.25) is 0 Å². The molecule has 2 heterocycles. The van der Waals surface area contributed by atoms with Crippen molar-refractivity contribution in [3.05, 3.63) is 46.8 Å². The first-order chi connectivity index (χ1) is 14.8. The van der Waals surface area contributed by atoms with Crippen LogP contribution in [0.5, 0.6) is 0 Å². The number of likely N-dealkylation sites (tertiary alicyclic amines) is 1. The number of piperidine rings is 1. The molecule has 174 valence electrons. The molecule has 1 saturated heterocycles. The number of nitrogens with zero attached hydrogens (tertiary/aromatic N) is 3. The molecule has 0 aliphatic carbocycles. The molecule has 0 radical (unpaired) electrons. The van der Waals surface area contributed by atoms with Crippen molar-refractivity contribution in [3.8, 4) is 0 Å². The SMILES string of the molecule is Cc1cc(C)nc(Nc2cc(C(F)(F)F)ccc2C2CCN(C(=O)OC(C)(C)C)CC2)n1. The molecular formula is C23H29F3N4O2. The first-order valence-electron chi connectivity index (χ1n) is 10.6. The Morgan fingerprint density at radius 2 is 1.66 bits per heavy atom. The number of hydrogen-bond donors (Lipinski definition) is 1. The summed E-state index contributed by atoms with van der Waals surface area (Å²) in [5.74, 6) is 0.249. The highest BCUT2D eigenvalue weighted by atomic mass is 19.4. The molecule has 1 aromatic carbocycles. The third-order valence-electron chi connectivity index (χ3n) is 5.20. The third kappa shape index (κ3) is 6.11. The van der Waals surface area contributed by atoms with E-state index in [0.29, 0.717) is 31.6 Å². The number of aromatic nitrogens is 2. The number of amides is 1. The monoisotopic (exact) mass is 450 g/mol. The van der Waals surface area contributed by atoms with Gasteiger partial charge in [-0.1, -0.05) is 6.07 Å². The molecule has 0 spiro atoms. The van der Waals surface area contributed by atoms with Crippen molar-refractivity contribution in [2.45, 2.75) is 65.2 Å². The number of aryl methyl sites for hydroxylation is 2. The van der Waals surface area contributed by atoms with E-state index in [9.17, 15) is 18.0 Å². The van der Waals surface area contributed by atoms with Crippen LogP contribution in [-0.2, 0) is 10.9 Å². The Bertz CT molecular complexity index is 958. The molecule has 0 bridgehead atoms. The van der Waals surface area contributed by atoms with Crippen molar-refractivity contribution < 1.29 is 22.7 Å². The van der Waals surface area contributed by atoms with Gasteiger partial charge < -0.3 is 15.0 Å². The molecule has 1 aliphatic heterocycles. The molecule has 1 aromatic heterocycles. The van der Waals surface area contributed by atoms with Crippen LogP contribution < -0.4 is 5.32 Å². The van der Waals surface area contributed by atoms with Crippen molar-refractivity contribution in [3.63, 3.8) is 0 Å². The van der Waals surface area contributed by atoms with Gasteiger partial charge in [-0.05, 0) is 77.1 Å².